The van der Waals surface area contributed by atoms with Crippen LogP contribution in [0.25, 0.3) is 0 Å². The van der Waals surface area contributed by atoms with Crippen molar-refractivity contribution in [2.24, 2.45) is 0 Å². The SMILES string of the molecule is O=C(CCN(CCC(=O)ON1C(=O)CCC1=O)C(=O)CCN(CCC(=O)N(CCC(=O)ON1C(=O)CCC1=O)CCC(=O)ON1C(=O)CCC1=O)C(=O)CCN(CCC(=O)N(CCC(=O)N(CCC(=O)ON1C(=O)CCC1=O)CCC(=O)ON1C(=O)CCC1=O)CCC(=O)N(CCC(=O)ON1C(=O)CCC1=O)CCC(=O)ON1C(=O)CCC1O)C(=O)/C=C/Br)ON1C(=O)CCC1=O. The number of nitrogens with zero attached hydrogens (tertiary/aromatic N) is 15. The molecular formula is C77H92BrN15O39. The maximum atomic E-state index is 15.0. The molecule has 132 heavy (non-hydrogen) atoms. The van der Waals surface area contributed by atoms with E-state index in [0.717, 1.165) is 45.4 Å². The van der Waals surface area contributed by atoms with Crippen molar-refractivity contribution in [3.05, 3.63) is 11.1 Å². The summed E-state index contributed by atoms with van der Waals surface area (Å²) in [6, 6.07) is 0. The van der Waals surface area contributed by atoms with E-state index in [9.17, 15) is 149 Å². The van der Waals surface area contributed by atoms with Gasteiger partial charge in [0.2, 0.25) is 41.4 Å². The molecule has 0 spiro atoms. The standard InChI is InChI=1S/C77H92BrN15O39/c78-32-17-47(94)79(33-18-48(95)80(35-20-50(97)82(39-24-70(117)125-86-54(101)1-2-55(86)102)40-25-71(118)126-87-56(103)3-4-57(87)104)36-21-51(98)83(41-26-72(119)127-88-58(105)5-6-59(88)106)42-27-73(120)128-89-60(107)7-8-61(89)108)34-19-49(96)81(37-22-52(99)84(43-28-74(121)129-90-62(109)9-10-63(90)110)44-29-75(122)130-91-64(111)11-12-65(91)112)38-23-53(100)85(45-30-76(123)131-92-66(113)13-14-67(92)114)46-31-77(124)132-93-68(115)15-16-69(93)116/h17,32,54,101H,1-16,18-31,33-46H2/b32-17+. The molecule has 8 rings (SSSR count). The summed E-state index contributed by atoms with van der Waals surface area (Å²) in [6.07, 6.45) is -16.7. The first-order valence-electron chi connectivity index (χ1n) is 41.6. The minimum Gasteiger partial charge on any atom is -0.370 e. The third-order valence-corrected chi connectivity index (χ3v) is 20.9. The molecule has 1 unspecified atom stereocenters. The Hall–Kier alpha value is -14.3. The highest BCUT2D eigenvalue weighted by Crippen LogP contribution is 2.24. The molecule has 8 heterocycles. The summed E-state index contributed by atoms with van der Waals surface area (Å²) in [6.45, 7) is -9.83. The minimum absolute atomic E-state index is 0.124. The normalized spacial score (nSPS) is 16.8. The highest BCUT2D eigenvalue weighted by atomic mass is 79.9. The second-order valence-electron chi connectivity index (χ2n) is 29.9. The summed E-state index contributed by atoms with van der Waals surface area (Å²) in [5.74, 6) is -30.3. The Balaban J connectivity index is 1.07. The van der Waals surface area contributed by atoms with Gasteiger partial charge in [-0.3, -0.25) is 105 Å². The molecule has 0 aromatic heterocycles. The van der Waals surface area contributed by atoms with Gasteiger partial charge in [-0.15, -0.1) is 40.5 Å². The van der Waals surface area contributed by atoms with Gasteiger partial charge in [-0.1, -0.05) is 15.9 Å². The highest BCUT2D eigenvalue weighted by molar-refractivity contribution is 9.11. The first kappa shape index (κ1) is 103. The fourth-order valence-corrected chi connectivity index (χ4v) is 13.6. The summed E-state index contributed by atoms with van der Waals surface area (Å²) < 4.78 is 0. The van der Waals surface area contributed by atoms with Crippen molar-refractivity contribution < 1.29 is 188 Å². The van der Waals surface area contributed by atoms with E-state index in [2.05, 4.69) is 15.9 Å². The number of hydrogen-bond donors (Lipinski definition) is 1. The van der Waals surface area contributed by atoms with Gasteiger partial charge in [0, 0.05) is 239 Å². The van der Waals surface area contributed by atoms with Crippen LogP contribution in [0.5, 0.6) is 0 Å². The van der Waals surface area contributed by atoms with E-state index in [1.165, 1.54) is 0 Å². The second kappa shape index (κ2) is 49.5. The van der Waals surface area contributed by atoms with Gasteiger partial charge >= 0.3 is 47.8 Å². The van der Waals surface area contributed by atoms with Crippen LogP contribution in [0, 0.1) is 0 Å². The zero-order valence-electron chi connectivity index (χ0n) is 70.9. The summed E-state index contributed by atoms with van der Waals surface area (Å²) in [5, 5.41) is 12.1. The lowest BCUT2D eigenvalue weighted by atomic mass is 10.2. The molecular weight excluding hydrogens is 1840 g/mol. The van der Waals surface area contributed by atoms with Crippen LogP contribution in [-0.2, 0) is 183 Å². The number of hydrogen-bond acceptors (Lipinski definition) is 39. The van der Waals surface area contributed by atoms with Crippen molar-refractivity contribution in [1.29, 1.82) is 0 Å². The molecule has 8 saturated heterocycles. The van der Waals surface area contributed by atoms with Crippen LogP contribution in [0.15, 0.2) is 11.1 Å². The smallest absolute Gasteiger partial charge is 0.334 e. The van der Waals surface area contributed by atoms with E-state index < -0.39 is 365 Å². The van der Waals surface area contributed by atoms with Crippen LogP contribution < -0.4 is 0 Å². The van der Waals surface area contributed by atoms with Gasteiger partial charge in [0.15, 0.2) is 6.23 Å². The van der Waals surface area contributed by atoms with Crippen molar-refractivity contribution in [2.75, 3.05) is 91.6 Å². The van der Waals surface area contributed by atoms with E-state index in [4.69, 9.17) is 38.7 Å². The van der Waals surface area contributed by atoms with E-state index in [0.29, 0.717) is 5.06 Å². The molecule has 0 radical (unpaired) electrons. The van der Waals surface area contributed by atoms with Crippen LogP contribution in [-0.4, -0.2) is 355 Å². The van der Waals surface area contributed by atoms with Gasteiger partial charge in [0.25, 0.3) is 88.6 Å². The van der Waals surface area contributed by atoms with Gasteiger partial charge in [-0.05, 0) is 4.99 Å². The molecule has 1 atom stereocenters. The number of amides is 22. The zero-order valence-corrected chi connectivity index (χ0v) is 72.5. The molecule has 0 aromatic rings. The number of aliphatic hydroxyl groups excluding tert-OH is 1. The number of imide groups is 7. The van der Waals surface area contributed by atoms with E-state index in [-0.39, 0.29) is 138 Å². The summed E-state index contributed by atoms with van der Waals surface area (Å²) in [5.41, 5.74) is 0. The number of halogens is 1. The average molecular weight is 1930 g/mol. The molecule has 716 valence electrons. The maximum absolute atomic E-state index is 15.0. The Kier molecular flexibility index (Phi) is 38.6. The number of aliphatic hydroxyl groups is 1. The van der Waals surface area contributed by atoms with Crippen molar-refractivity contribution in [3.63, 3.8) is 0 Å². The summed E-state index contributed by atoms with van der Waals surface area (Å²) in [4.78, 5) is 440. The minimum atomic E-state index is -1.55. The van der Waals surface area contributed by atoms with Crippen molar-refractivity contribution >= 4 is 194 Å². The Labute approximate surface area is 754 Å². The molecule has 55 heteroatoms. The van der Waals surface area contributed by atoms with Crippen LogP contribution in [0.3, 0.4) is 0 Å². The van der Waals surface area contributed by atoms with Crippen molar-refractivity contribution in [1.82, 2.24) is 74.8 Å². The highest BCUT2D eigenvalue weighted by Gasteiger charge is 2.42. The molecule has 54 nitrogen and oxygen atoms in total. The fourth-order valence-electron chi connectivity index (χ4n) is 13.4. The largest absolute Gasteiger partial charge is 0.370 e. The van der Waals surface area contributed by atoms with Crippen LogP contribution >= 0.6 is 15.9 Å². The quantitative estimate of drug-likeness (QED) is 0.0439. The fraction of sp³-hybridized carbons (Fsp3) is 0.584. The molecule has 8 aliphatic heterocycles. The van der Waals surface area contributed by atoms with Gasteiger partial charge in [0.05, 0.1) is 51.4 Å². The molecule has 0 saturated carbocycles. The lowest BCUT2D eigenvalue weighted by molar-refractivity contribution is -0.220. The Morgan fingerprint density at radius 2 is 0.386 bits per heavy atom. The molecule has 22 amide bonds. The Morgan fingerprint density at radius 1 is 0.235 bits per heavy atom. The lowest BCUT2D eigenvalue weighted by Crippen LogP contribution is -2.44. The first-order chi connectivity index (χ1) is 62.7. The molecule has 0 aliphatic carbocycles. The van der Waals surface area contributed by atoms with E-state index in [1.807, 2.05) is 0 Å². The number of hydroxylamine groups is 16. The van der Waals surface area contributed by atoms with Gasteiger partial charge in [-0.25, -0.2) is 38.4 Å². The van der Waals surface area contributed by atoms with Gasteiger partial charge in [-0.2, -0.15) is 0 Å². The predicted molar refractivity (Wildman–Crippen MR) is 417 cm³/mol. The topological polar surface area (TPSA) is 655 Å². The van der Waals surface area contributed by atoms with Crippen LogP contribution in [0.2, 0.25) is 0 Å². The number of carbonyl (C=O) groups is 30. The van der Waals surface area contributed by atoms with Crippen molar-refractivity contribution in [2.45, 2.75) is 199 Å². The van der Waals surface area contributed by atoms with Gasteiger partial charge in [0.1, 0.15) is 0 Å². The van der Waals surface area contributed by atoms with E-state index >= 15 is 0 Å². The first-order valence-corrected chi connectivity index (χ1v) is 42.5. The predicted octanol–water partition coefficient (Wildman–Crippen LogP) is -5.19. The molecule has 0 aromatic carbocycles. The molecule has 0 bridgehead atoms. The average Bonchev–Trinajstić information content (AvgIpc) is 1.78. The summed E-state index contributed by atoms with van der Waals surface area (Å²) in [7, 11) is 0. The zero-order chi connectivity index (χ0) is 96.7. The third kappa shape index (κ3) is 30.7. The molecule has 1 N–H and O–H groups in total. The third-order valence-electron chi connectivity index (χ3n) is 20.6. The van der Waals surface area contributed by atoms with Crippen LogP contribution in [0.4, 0.5) is 0 Å². The Morgan fingerprint density at radius 3 is 0.538 bits per heavy atom. The number of carbonyl (C=O) groups excluding carboxylic acids is 30. The molecule has 8 aliphatic rings. The summed E-state index contributed by atoms with van der Waals surface area (Å²) >= 11 is 3.00. The second-order valence-corrected chi connectivity index (χ2v) is 30.4. The number of rotatable bonds is 51. The monoisotopic (exact) mass is 1930 g/mol. The van der Waals surface area contributed by atoms with E-state index in [1.54, 1.807) is 0 Å². The maximum Gasteiger partial charge on any atom is 0.334 e. The van der Waals surface area contributed by atoms with Crippen molar-refractivity contribution in [3.8, 4) is 0 Å². The Bertz CT molecular complexity index is 4300. The lowest BCUT2D eigenvalue weighted by Gasteiger charge is -2.29. The molecule has 8 fully saturated rings. The van der Waals surface area contributed by atoms with Crippen LogP contribution in [0.1, 0.15) is 193 Å². The van der Waals surface area contributed by atoms with Gasteiger partial charge < -0.3 is 78.1 Å².